The van der Waals surface area contributed by atoms with Crippen molar-refractivity contribution >= 4 is 11.6 Å². The van der Waals surface area contributed by atoms with Gasteiger partial charge in [0.25, 0.3) is 0 Å². The minimum Gasteiger partial charge on any atom is -0.346 e. The smallest absolute Gasteiger partial charge is 0.218 e. The monoisotopic (exact) mass is 292 g/mol. The molecule has 0 radical (unpaired) electrons. The maximum absolute atomic E-state index is 12.1. The second-order valence-electron chi connectivity index (χ2n) is 4.76. The molecule has 0 saturated carbocycles. The Bertz CT molecular complexity index is 444. The van der Waals surface area contributed by atoms with Gasteiger partial charge in [0.1, 0.15) is 0 Å². The second-order valence-corrected chi connectivity index (χ2v) is 4.76. The van der Waals surface area contributed by atoms with Gasteiger partial charge in [-0.1, -0.05) is 37.6 Å². The Labute approximate surface area is 126 Å². The summed E-state index contributed by atoms with van der Waals surface area (Å²) in [6.07, 6.45) is 0.918. The quantitative estimate of drug-likeness (QED) is 0.377. The van der Waals surface area contributed by atoms with Gasteiger partial charge in [0.05, 0.1) is 6.42 Å². The average Bonchev–Trinajstić information content (AvgIpc) is 2.48. The van der Waals surface area contributed by atoms with E-state index in [0.717, 1.165) is 12.8 Å². The molecule has 0 N–H and O–H groups in total. The van der Waals surface area contributed by atoms with E-state index in [1.165, 1.54) is 5.56 Å². The normalized spacial score (nSPS) is 10.9. The molecule has 0 amide bonds. The summed E-state index contributed by atoms with van der Waals surface area (Å²) in [5.41, 5.74) is 1.75. The fraction of sp³-hybridized carbons (Fsp3) is 0.529. The Kier molecular flexibility index (Phi) is 7.87. The summed E-state index contributed by atoms with van der Waals surface area (Å²) in [7, 11) is 0. The third-order valence-electron chi connectivity index (χ3n) is 3.05. The van der Waals surface area contributed by atoms with E-state index in [-0.39, 0.29) is 18.0 Å². The van der Waals surface area contributed by atoms with Crippen molar-refractivity contribution in [2.45, 2.75) is 46.3 Å². The number of Topliss-reactive ketones (excluding diaryl/α,β-unsaturated/α-hetero) is 2. The SMILES string of the molecule is CCCc1ccc(C(=O)CC(=O)C(OCC)OCC)cc1. The van der Waals surface area contributed by atoms with Crippen molar-refractivity contribution in [2.75, 3.05) is 13.2 Å². The number of rotatable bonds is 10. The molecule has 0 spiro atoms. The average molecular weight is 292 g/mol. The molecule has 21 heavy (non-hydrogen) atoms. The van der Waals surface area contributed by atoms with E-state index in [9.17, 15) is 9.59 Å². The van der Waals surface area contributed by atoms with Gasteiger partial charge in [-0.2, -0.15) is 0 Å². The first-order chi connectivity index (χ1) is 10.1. The Morgan fingerprint density at radius 2 is 1.57 bits per heavy atom. The molecular formula is C17H24O4. The molecule has 0 aromatic heterocycles. The van der Waals surface area contributed by atoms with Crippen LogP contribution in [0.1, 0.15) is 49.5 Å². The molecule has 4 heteroatoms. The van der Waals surface area contributed by atoms with Crippen LogP contribution >= 0.6 is 0 Å². The Balaban J connectivity index is 2.64. The topological polar surface area (TPSA) is 52.6 Å². The van der Waals surface area contributed by atoms with Gasteiger partial charge in [0, 0.05) is 18.8 Å². The van der Waals surface area contributed by atoms with Crippen LogP contribution in [0.3, 0.4) is 0 Å². The standard InChI is InChI=1S/C17H24O4/c1-4-7-13-8-10-14(11-9-13)15(18)12-16(19)17(20-5-2)21-6-3/h8-11,17H,4-7,12H2,1-3H3. The summed E-state index contributed by atoms with van der Waals surface area (Å²) >= 11 is 0. The highest BCUT2D eigenvalue weighted by atomic mass is 16.7. The fourth-order valence-electron chi connectivity index (χ4n) is 2.03. The van der Waals surface area contributed by atoms with E-state index in [0.29, 0.717) is 18.8 Å². The third kappa shape index (κ3) is 5.78. The van der Waals surface area contributed by atoms with Crippen molar-refractivity contribution in [1.82, 2.24) is 0 Å². The number of benzene rings is 1. The van der Waals surface area contributed by atoms with E-state index in [4.69, 9.17) is 9.47 Å². The molecule has 1 aromatic carbocycles. The van der Waals surface area contributed by atoms with Crippen LogP contribution in [0.5, 0.6) is 0 Å². The molecule has 0 unspecified atom stereocenters. The number of carbonyl (C=O) groups is 2. The van der Waals surface area contributed by atoms with Gasteiger partial charge < -0.3 is 9.47 Å². The molecule has 0 bridgehead atoms. The number of aryl methyl sites for hydroxylation is 1. The lowest BCUT2D eigenvalue weighted by Crippen LogP contribution is -2.29. The molecule has 116 valence electrons. The summed E-state index contributed by atoms with van der Waals surface area (Å²) in [5.74, 6) is -0.534. The highest BCUT2D eigenvalue weighted by Gasteiger charge is 2.22. The molecule has 0 aliphatic heterocycles. The highest BCUT2D eigenvalue weighted by molar-refractivity contribution is 6.08. The summed E-state index contributed by atoms with van der Waals surface area (Å²) in [5, 5.41) is 0. The van der Waals surface area contributed by atoms with Crippen molar-refractivity contribution in [3.8, 4) is 0 Å². The first-order valence-electron chi connectivity index (χ1n) is 7.50. The van der Waals surface area contributed by atoms with Crippen LogP contribution in [0.4, 0.5) is 0 Å². The largest absolute Gasteiger partial charge is 0.346 e. The second kappa shape index (κ2) is 9.42. The van der Waals surface area contributed by atoms with E-state index < -0.39 is 6.29 Å². The molecule has 0 saturated heterocycles. The molecule has 1 aromatic rings. The van der Waals surface area contributed by atoms with Crippen LogP contribution in [0.25, 0.3) is 0 Å². The molecule has 1 rings (SSSR count). The van der Waals surface area contributed by atoms with Crippen molar-refractivity contribution in [3.63, 3.8) is 0 Å². The minimum absolute atomic E-state index is 0.197. The Hall–Kier alpha value is -1.52. The fourth-order valence-corrected chi connectivity index (χ4v) is 2.03. The first-order valence-corrected chi connectivity index (χ1v) is 7.50. The molecule has 0 aliphatic rings. The predicted octanol–water partition coefficient (Wildman–Crippen LogP) is 3.18. The molecule has 0 fully saturated rings. The van der Waals surface area contributed by atoms with Gasteiger partial charge in [-0.05, 0) is 25.8 Å². The van der Waals surface area contributed by atoms with Crippen molar-refractivity contribution in [3.05, 3.63) is 35.4 Å². The summed E-state index contributed by atoms with van der Waals surface area (Å²) in [6, 6.07) is 7.42. The van der Waals surface area contributed by atoms with Crippen LogP contribution in [-0.4, -0.2) is 31.1 Å². The van der Waals surface area contributed by atoms with E-state index in [1.807, 2.05) is 12.1 Å². The third-order valence-corrected chi connectivity index (χ3v) is 3.05. The Morgan fingerprint density at radius 3 is 2.05 bits per heavy atom. The highest BCUT2D eigenvalue weighted by Crippen LogP contribution is 2.11. The number of hydrogen-bond acceptors (Lipinski definition) is 4. The number of ether oxygens (including phenoxy) is 2. The van der Waals surface area contributed by atoms with Gasteiger partial charge in [0.15, 0.2) is 11.6 Å². The van der Waals surface area contributed by atoms with Gasteiger partial charge in [-0.3, -0.25) is 9.59 Å². The lowest BCUT2D eigenvalue weighted by atomic mass is 10.0. The predicted molar refractivity (Wildman–Crippen MR) is 81.4 cm³/mol. The van der Waals surface area contributed by atoms with Crippen LogP contribution in [0, 0.1) is 0 Å². The van der Waals surface area contributed by atoms with Gasteiger partial charge >= 0.3 is 0 Å². The van der Waals surface area contributed by atoms with E-state index in [2.05, 4.69) is 6.92 Å². The van der Waals surface area contributed by atoms with Crippen molar-refractivity contribution in [1.29, 1.82) is 0 Å². The van der Waals surface area contributed by atoms with Crippen LogP contribution in [0.15, 0.2) is 24.3 Å². The molecule has 0 atom stereocenters. The molecule has 0 heterocycles. The maximum atomic E-state index is 12.1. The summed E-state index contributed by atoms with van der Waals surface area (Å²) in [4.78, 5) is 24.1. The van der Waals surface area contributed by atoms with Crippen molar-refractivity contribution in [2.24, 2.45) is 0 Å². The Morgan fingerprint density at radius 1 is 1.00 bits per heavy atom. The van der Waals surface area contributed by atoms with E-state index in [1.54, 1.807) is 26.0 Å². The van der Waals surface area contributed by atoms with Gasteiger partial charge in [-0.25, -0.2) is 0 Å². The minimum atomic E-state index is -0.941. The zero-order chi connectivity index (χ0) is 15.7. The van der Waals surface area contributed by atoms with Gasteiger partial charge in [0.2, 0.25) is 6.29 Å². The van der Waals surface area contributed by atoms with Gasteiger partial charge in [-0.15, -0.1) is 0 Å². The van der Waals surface area contributed by atoms with Crippen LogP contribution in [0.2, 0.25) is 0 Å². The number of ketones is 2. The van der Waals surface area contributed by atoms with Crippen LogP contribution in [-0.2, 0) is 20.7 Å². The first kappa shape index (κ1) is 17.5. The lowest BCUT2D eigenvalue weighted by molar-refractivity contribution is -0.166. The summed E-state index contributed by atoms with van der Waals surface area (Å²) in [6.45, 7) is 6.42. The maximum Gasteiger partial charge on any atom is 0.218 e. The lowest BCUT2D eigenvalue weighted by Gasteiger charge is -2.15. The summed E-state index contributed by atoms with van der Waals surface area (Å²) < 4.78 is 10.4. The molecule has 0 aliphatic carbocycles. The van der Waals surface area contributed by atoms with Crippen molar-refractivity contribution < 1.29 is 19.1 Å². The molecular weight excluding hydrogens is 268 g/mol. The number of hydrogen-bond donors (Lipinski definition) is 0. The zero-order valence-electron chi connectivity index (χ0n) is 13.1. The van der Waals surface area contributed by atoms with E-state index >= 15 is 0 Å². The zero-order valence-corrected chi connectivity index (χ0v) is 13.1. The molecule has 4 nitrogen and oxygen atoms in total. The number of carbonyl (C=O) groups excluding carboxylic acids is 2. The van der Waals surface area contributed by atoms with Crippen LogP contribution < -0.4 is 0 Å².